The molecule has 28 heavy (non-hydrogen) atoms. The Labute approximate surface area is 163 Å². The lowest BCUT2D eigenvalue weighted by atomic mass is 10.0. The Kier molecular flexibility index (Phi) is 7.14. The van der Waals surface area contributed by atoms with E-state index in [1.54, 1.807) is 42.5 Å². The molecule has 0 saturated heterocycles. The van der Waals surface area contributed by atoms with Crippen molar-refractivity contribution in [3.8, 4) is 5.75 Å². The standard InChI is InChI=1S/C21H24N2O5/c1-13(2)12-18(21(26)27)23-20(25)16-6-4-5-7-17(16)22-19(24)14-8-10-15(28-3)11-9-14/h4-11,13,18H,12H2,1-3H3,(H,22,24)(H,23,25)(H,26,27)/p-1/t18-/m0/s1. The van der Waals surface area contributed by atoms with Crippen molar-refractivity contribution in [2.24, 2.45) is 5.92 Å². The van der Waals surface area contributed by atoms with E-state index in [-0.39, 0.29) is 23.6 Å². The van der Waals surface area contributed by atoms with Gasteiger partial charge in [0.05, 0.1) is 30.4 Å². The topological polar surface area (TPSA) is 108 Å². The Morgan fingerprint density at radius 1 is 1.00 bits per heavy atom. The number of carbonyl (C=O) groups excluding carboxylic acids is 3. The maximum Gasteiger partial charge on any atom is 0.255 e. The molecular weight excluding hydrogens is 360 g/mol. The highest BCUT2D eigenvalue weighted by Gasteiger charge is 2.19. The van der Waals surface area contributed by atoms with Crippen LogP contribution in [-0.4, -0.2) is 30.9 Å². The third-order valence-corrected chi connectivity index (χ3v) is 4.07. The molecule has 2 rings (SSSR count). The molecule has 2 aromatic rings. The second-order valence-electron chi connectivity index (χ2n) is 6.70. The third-order valence-electron chi connectivity index (χ3n) is 4.07. The first-order valence-electron chi connectivity index (χ1n) is 8.88. The van der Waals surface area contributed by atoms with Gasteiger partial charge in [0.15, 0.2) is 0 Å². The van der Waals surface area contributed by atoms with Crippen LogP contribution >= 0.6 is 0 Å². The number of methoxy groups -OCH3 is 1. The molecular formula is C21H23N2O5-. The average Bonchev–Trinajstić information content (AvgIpc) is 2.67. The molecule has 0 unspecified atom stereocenters. The highest BCUT2D eigenvalue weighted by Crippen LogP contribution is 2.18. The number of para-hydroxylation sites is 1. The summed E-state index contributed by atoms with van der Waals surface area (Å²) in [5.74, 6) is -1.66. The van der Waals surface area contributed by atoms with E-state index in [1.807, 2.05) is 13.8 Å². The Bertz CT molecular complexity index is 846. The molecule has 148 valence electrons. The molecule has 0 fully saturated rings. The molecule has 0 radical (unpaired) electrons. The van der Waals surface area contributed by atoms with E-state index in [1.165, 1.54) is 13.2 Å². The van der Waals surface area contributed by atoms with Crippen LogP contribution < -0.4 is 20.5 Å². The summed E-state index contributed by atoms with van der Waals surface area (Å²) in [6.45, 7) is 3.70. The summed E-state index contributed by atoms with van der Waals surface area (Å²) in [7, 11) is 1.53. The highest BCUT2D eigenvalue weighted by atomic mass is 16.5. The smallest absolute Gasteiger partial charge is 0.255 e. The Balaban J connectivity index is 2.17. The number of ether oxygens (including phenoxy) is 1. The number of anilines is 1. The zero-order chi connectivity index (χ0) is 20.7. The highest BCUT2D eigenvalue weighted by molar-refractivity contribution is 6.09. The molecule has 0 aliphatic rings. The Morgan fingerprint density at radius 3 is 2.21 bits per heavy atom. The van der Waals surface area contributed by atoms with Gasteiger partial charge in [0, 0.05) is 5.56 Å². The van der Waals surface area contributed by atoms with E-state index in [9.17, 15) is 19.5 Å². The minimum atomic E-state index is -1.35. The second-order valence-corrected chi connectivity index (χ2v) is 6.70. The normalized spacial score (nSPS) is 11.6. The van der Waals surface area contributed by atoms with Crippen LogP contribution in [0.5, 0.6) is 5.75 Å². The number of carboxylic acid groups (broad SMARTS) is 1. The molecule has 0 aliphatic heterocycles. The van der Waals surface area contributed by atoms with Gasteiger partial charge in [-0.15, -0.1) is 0 Å². The van der Waals surface area contributed by atoms with E-state index in [0.29, 0.717) is 11.3 Å². The number of amides is 2. The van der Waals surface area contributed by atoms with Crippen molar-refractivity contribution in [2.45, 2.75) is 26.3 Å². The number of aliphatic carboxylic acids is 1. The monoisotopic (exact) mass is 383 g/mol. The number of hydrogen-bond acceptors (Lipinski definition) is 5. The molecule has 2 amide bonds. The Hall–Kier alpha value is -3.35. The fourth-order valence-corrected chi connectivity index (χ4v) is 2.65. The molecule has 2 N–H and O–H groups in total. The van der Waals surface area contributed by atoms with Gasteiger partial charge in [-0.3, -0.25) is 9.59 Å². The predicted molar refractivity (Wildman–Crippen MR) is 103 cm³/mol. The van der Waals surface area contributed by atoms with Crippen LogP contribution in [0, 0.1) is 5.92 Å². The molecule has 7 heteroatoms. The average molecular weight is 383 g/mol. The first-order chi connectivity index (χ1) is 13.3. The fourth-order valence-electron chi connectivity index (χ4n) is 2.65. The number of benzene rings is 2. The van der Waals surface area contributed by atoms with Gasteiger partial charge < -0.3 is 25.3 Å². The molecule has 0 aromatic heterocycles. The van der Waals surface area contributed by atoms with Crippen molar-refractivity contribution < 1.29 is 24.2 Å². The summed E-state index contributed by atoms with van der Waals surface area (Å²) in [5, 5.41) is 16.4. The van der Waals surface area contributed by atoms with Crippen LogP contribution in [0.15, 0.2) is 48.5 Å². The van der Waals surface area contributed by atoms with Gasteiger partial charge in [-0.05, 0) is 48.7 Å². The van der Waals surface area contributed by atoms with Gasteiger partial charge in [0.25, 0.3) is 11.8 Å². The largest absolute Gasteiger partial charge is 0.548 e. The molecule has 7 nitrogen and oxygen atoms in total. The predicted octanol–water partition coefficient (Wildman–Crippen LogP) is 1.84. The number of carboxylic acids is 1. The summed E-state index contributed by atoms with van der Waals surface area (Å²) in [6.07, 6.45) is 0.244. The number of nitrogens with one attached hydrogen (secondary N) is 2. The van der Waals surface area contributed by atoms with Gasteiger partial charge in [0.1, 0.15) is 5.75 Å². The van der Waals surface area contributed by atoms with E-state index >= 15 is 0 Å². The fraction of sp³-hybridized carbons (Fsp3) is 0.286. The van der Waals surface area contributed by atoms with Gasteiger partial charge >= 0.3 is 0 Å². The Morgan fingerprint density at radius 2 is 1.64 bits per heavy atom. The quantitative estimate of drug-likeness (QED) is 0.723. The summed E-state index contributed by atoms with van der Waals surface area (Å²) < 4.78 is 5.06. The summed E-state index contributed by atoms with van der Waals surface area (Å²) in [4.78, 5) is 36.4. The van der Waals surface area contributed by atoms with E-state index < -0.39 is 23.8 Å². The van der Waals surface area contributed by atoms with Crippen LogP contribution in [0.3, 0.4) is 0 Å². The molecule has 0 spiro atoms. The summed E-state index contributed by atoms with van der Waals surface area (Å²) in [5.41, 5.74) is 0.838. The minimum absolute atomic E-state index is 0.0632. The van der Waals surface area contributed by atoms with Crippen molar-refractivity contribution in [3.63, 3.8) is 0 Å². The van der Waals surface area contributed by atoms with Crippen molar-refractivity contribution in [2.75, 3.05) is 12.4 Å². The lowest BCUT2D eigenvalue weighted by molar-refractivity contribution is -0.308. The molecule has 1 atom stereocenters. The SMILES string of the molecule is COc1ccc(C(=O)Nc2ccccc2C(=O)N[C@@H](CC(C)C)C(=O)[O-])cc1. The molecule has 2 aromatic carbocycles. The number of carbonyl (C=O) groups is 3. The maximum atomic E-state index is 12.6. The van der Waals surface area contributed by atoms with Gasteiger partial charge in [0.2, 0.25) is 0 Å². The molecule has 0 aliphatic carbocycles. The van der Waals surface area contributed by atoms with Crippen LogP contribution in [0.2, 0.25) is 0 Å². The lowest BCUT2D eigenvalue weighted by Gasteiger charge is -2.22. The van der Waals surface area contributed by atoms with Crippen LogP contribution in [0.25, 0.3) is 0 Å². The second kappa shape index (κ2) is 9.55. The van der Waals surface area contributed by atoms with E-state index in [0.717, 1.165) is 0 Å². The van der Waals surface area contributed by atoms with Crippen molar-refractivity contribution in [3.05, 3.63) is 59.7 Å². The first-order valence-corrected chi connectivity index (χ1v) is 8.88. The number of hydrogen-bond donors (Lipinski definition) is 2. The van der Waals surface area contributed by atoms with Gasteiger partial charge in [-0.2, -0.15) is 0 Å². The van der Waals surface area contributed by atoms with E-state index in [4.69, 9.17) is 4.74 Å². The third kappa shape index (κ3) is 5.57. The lowest BCUT2D eigenvalue weighted by Crippen LogP contribution is -2.48. The zero-order valence-electron chi connectivity index (χ0n) is 16.0. The van der Waals surface area contributed by atoms with Gasteiger partial charge in [-0.1, -0.05) is 26.0 Å². The van der Waals surface area contributed by atoms with Crippen LogP contribution in [0.4, 0.5) is 5.69 Å². The van der Waals surface area contributed by atoms with Crippen LogP contribution in [0.1, 0.15) is 41.0 Å². The van der Waals surface area contributed by atoms with Crippen LogP contribution in [-0.2, 0) is 4.79 Å². The first kappa shape index (κ1) is 21.0. The zero-order valence-corrected chi connectivity index (χ0v) is 16.0. The minimum Gasteiger partial charge on any atom is -0.548 e. The van der Waals surface area contributed by atoms with Gasteiger partial charge in [-0.25, -0.2) is 0 Å². The number of rotatable bonds is 8. The summed E-state index contributed by atoms with van der Waals surface area (Å²) in [6, 6.07) is 11.8. The van der Waals surface area contributed by atoms with Crippen molar-refractivity contribution in [1.29, 1.82) is 0 Å². The van der Waals surface area contributed by atoms with Crippen molar-refractivity contribution in [1.82, 2.24) is 5.32 Å². The molecule has 0 saturated carbocycles. The summed E-state index contributed by atoms with van der Waals surface area (Å²) >= 11 is 0. The maximum absolute atomic E-state index is 12.6. The van der Waals surface area contributed by atoms with Crippen molar-refractivity contribution >= 4 is 23.5 Å². The van der Waals surface area contributed by atoms with E-state index in [2.05, 4.69) is 10.6 Å². The molecule has 0 bridgehead atoms. The molecule has 0 heterocycles.